The van der Waals surface area contributed by atoms with Gasteiger partial charge in [0, 0.05) is 6.54 Å². The van der Waals surface area contributed by atoms with Crippen molar-refractivity contribution in [1.29, 1.82) is 0 Å². The molecule has 0 spiro atoms. The van der Waals surface area contributed by atoms with Crippen molar-refractivity contribution in [3.63, 3.8) is 0 Å². The number of carbonyl (C=O) groups excluding carboxylic acids is 2. The predicted octanol–water partition coefficient (Wildman–Crippen LogP) is 2.56. The molecule has 0 aliphatic carbocycles. The molecule has 2 aromatic carbocycles. The fourth-order valence-electron chi connectivity index (χ4n) is 2.43. The van der Waals surface area contributed by atoms with Crippen molar-refractivity contribution in [2.24, 2.45) is 0 Å². The third-order valence-corrected chi connectivity index (χ3v) is 4.14. The van der Waals surface area contributed by atoms with Gasteiger partial charge < -0.3 is 20.1 Å². The molecule has 0 aliphatic rings. The summed E-state index contributed by atoms with van der Waals surface area (Å²) in [7, 11) is 1.28. The molecule has 6 nitrogen and oxygen atoms in total. The van der Waals surface area contributed by atoms with Gasteiger partial charge in [-0.25, -0.2) is 9.18 Å². The highest BCUT2D eigenvalue weighted by Crippen LogP contribution is 2.15. The third kappa shape index (κ3) is 6.66. The SMILES string of the molecule is COC(=O)[C@@H](C)NC(=O)[C@H](C)NCc1ccc(OCc2cccc(F)c2)cc1. The molecule has 0 saturated carbocycles. The first-order valence-electron chi connectivity index (χ1n) is 8.97. The van der Waals surface area contributed by atoms with Crippen molar-refractivity contribution in [2.45, 2.75) is 39.1 Å². The Morgan fingerprint density at radius 1 is 1.04 bits per heavy atom. The fourth-order valence-corrected chi connectivity index (χ4v) is 2.43. The minimum Gasteiger partial charge on any atom is -0.489 e. The molecule has 0 aliphatic heterocycles. The molecule has 7 heteroatoms. The van der Waals surface area contributed by atoms with E-state index < -0.39 is 18.1 Å². The Bertz CT molecular complexity index is 795. The maximum Gasteiger partial charge on any atom is 0.328 e. The van der Waals surface area contributed by atoms with E-state index in [0.29, 0.717) is 12.3 Å². The van der Waals surface area contributed by atoms with E-state index in [-0.39, 0.29) is 18.3 Å². The molecule has 0 aromatic heterocycles. The van der Waals surface area contributed by atoms with Crippen molar-refractivity contribution >= 4 is 11.9 Å². The van der Waals surface area contributed by atoms with Gasteiger partial charge in [-0.2, -0.15) is 0 Å². The molecule has 0 radical (unpaired) electrons. The number of hydrogen-bond donors (Lipinski definition) is 2. The van der Waals surface area contributed by atoms with Gasteiger partial charge in [-0.05, 0) is 49.2 Å². The molecule has 0 heterocycles. The first kappa shape index (κ1) is 21.4. The number of benzene rings is 2. The van der Waals surface area contributed by atoms with Gasteiger partial charge in [-0.15, -0.1) is 0 Å². The Morgan fingerprint density at radius 2 is 1.75 bits per heavy atom. The van der Waals surface area contributed by atoms with E-state index in [1.807, 2.05) is 24.3 Å². The van der Waals surface area contributed by atoms with Crippen LogP contribution in [0.15, 0.2) is 48.5 Å². The lowest BCUT2D eigenvalue weighted by molar-refractivity contribution is -0.144. The van der Waals surface area contributed by atoms with Crippen molar-refractivity contribution < 1.29 is 23.5 Å². The summed E-state index contributed by atoms with van der Waals surface area (Å²) in [5.41, 5.74) is 1.73. The molecule has 2 atom stereocenters. The zero-order valence-electron chi connectivity index (χ0n) is 16.2. The van der Waals surface area contributed by atoms with E-state index in [2.05, 4.69) is 15.4 Å². The quantitative estimate of drug-likeness (QED) is 0.646. The molecule has 2 rings (SSSR count). The average Bonchev–Trinajstić information content (AvgIpc) is 2.70. The molecule has 0 unspecified atom stereocenters. The van der Waals surface area contributed by atoms with E-state index in [1.54, 1.807) is 26.0 Å². The molecule has 0 bridgehead atoms. The largest absolute Gasteiger partial charge is 0.489 e. The van der Waals surface area contributed by atoms with Crippen LogP contribution in [0.2, 0.25) is 0 Å². The molecule has 0 fully saturated rings. The van der Waals surface area contributed by atoms with Gasteiger partial charge in [0.15, 0.2) is 0 Å². The summed E-state index contributed by atoms with van der Waals surface area (Å²) in [6, 6.07) is 12.5. The van der Waals surface area contributed by atoms with Crippen LogP contribution in [0.1, 0.15) is 25.0 Å². The Balaban J connectivity index is 1.78. The summed E-state index contributed by atoms with van der Waals surface area (Å²) in [5.74, 6) is -0.394. The molecule has 28 heavy (non-hydrogen) atoms. The van der Waals surface area contributed by atoms with Gasteiger partial charge in [0.1, 0.15) is 24.2 Å². The van der Waals surface area contributed by atoms with Gasteiger partial charge in [0.25, 0.3) is 0 Å². The first-order chi connectivity index (χ1) is 13.4. The number of rotatable bonds is 9. The Kier molecular flexibility index (Phi) is 7.95. The summed E-state index contributed by atoms with van der Waals surface area (Å²) in [6.07, 6.45) is 0. The smallest absolute Gasteiger partial charge is 0.328 e. The highest BCUT2D eigenvalue weighted by atomic mass is 19.1. The number of carbonyl (C=O) groups is 2. The summed E-state index contributed by atoms with van der Waals surface area (Å²) in [6.45, 7) is 4.05. The standard InChI is InChI=1S/C21H25FN2O4/c1-14(20(25)24-15(2)21(26)27-3)23-12-16-7-9-19(10-8-16)28-13-17-5-4-6-18(22)11-17/h4-11,14-15,23H,12-13H2,1-3H3,(H,24,25)/t14-,15+/m0/s1. The zero-order valence-corrected chi connectivity index (χ0v) is 16.2. The maximum atomic E-state index is 13.2. The Hall–Kier alpha value is -2.93. The van der Waals surface area contributed by atoms with Crippen LogP contribution in [0.3, 0.4) is 0 Å². The van der Waals surface area contributed by atoms with Crippen LogP contribution < -0.4 is 15.4 Å². The van der Waals surface area contributed by atoms with Gasteiger partial charge >= 0.3 is 5.97 Å². The number of methoxy groups -OCH3 is 1. The molecule has 150 valence electrons. The molecule has 2 N–H and O–H groups in total. The molecule has 2 aromatic rings. The van der Waals surface area contributed by atoms with Crippen LogP contribution in [-0.2, 0) is 27.5 Å². The molecule has 1 amide bonds. The zero-order chi connectivity index (χ0) is 20.5. The van der Waals surface area contributed by atoms with Crippen LogP contribution in [0.4, 0.5) is 4.39 Å². The van der Waals surface area contributed by atoms with E-state index in [9.17, 15) is 14.0 Å². The minimum absolute atomic E-state index is 0.283. The number of ether oxygens (including phenoxy) is 2. The summed E-state index contributed by atoms with van der Waals surface area (Å²) >= 11 is 0. The second-order valence-electron chi connectivity index (χ2n) is 6.42. The van der Waals surface area contributed by atoms with Gasteiger partial charge in [0.2, 0.25) is 5.91 Å². The van der Waals surface area contributed by atoms with Crippen molar-refractivity contribution in [1.82, 2.24) is 10.6 Å². The summed E-state index contributed by atoms with van der Waals surface area (Å²) < 4.78 is 23.4. The number of hydrogen-bond acceptors (Lipinski definition) is 5. The molecular weight excluding hydrogens is 363 g/mol. The van der Waals surface area contributed by atoms with Crippen molar-refractivity contribution in [3.8, 4) is 5.75 Å². The third-order valence-electron chi connectivity index (χ3n) is 4.14. The van der Waals surface area contributed by atoms with E-state index in [1.165, 1.54) is 19.2 Å². The lowest BCUT2D eigenvalue weighted by Gasteiger charge is -2.17. The number of halogens is 1. The average molecular weight is 388 g/mol. The second-order valence-corrected chi connectivity index (χ2v) is 6.42. The summed E-state index contributed by atoms with van der Waals surface area (Å²) in [5, 5.41) is 5.69. The summed E-state index contributed by atoms with van der Waals surface area (Å²) in [4.78, 5) is 23.4. The van der Waals surface area contributed by atoms with Crippen LogP contribution >= 0.6 is 0 Å². The van der Waals surface area contributed by atoms with E-state index >= 15 is 0 Å². The van der Waals surface area contributed by atoms with Crippen LogP contribution in [0.25, 0.3) is 0 Å². The Morgan fingerprint density at radius 3 is 2.39 bits per heavy atom. The van der Waals surface area contributed by atoms with E-state index in [0.717, 1.165) is 11.1 Å². The minimum atomic E-state index is -0.698. The normalized spacial score (nSPS) is 12.7. The van der Waals surface area contributed by atoms with Crippen LogP contribution in [0.5, 0.6) is 5.75 Å². The maximum absolute atomic E-state index is 13.2. The van der Waals surface area contributed by atoms with Crippen molar-refractivity contribution in [3.05, 3.63) is 65.5 Å². The molecule has 0 saturated heterocycles. The first-order valence-corrected chi connectivity index (χ1v) is 8.97. The van der Waals surface area contributed by atoms with Crippen molar-refractivity contribution in [2.75, 3.05) is 7.11 Å². The Labute approximate surface area is 164 Å². The number of nitrogens with one attached hydrogen (secondary N) is 2. The predicted molar refractivity (Wildman–Crippen MR) is 103 cm³/mol. The fraction of sp³-hybridized carbons (Fsp3) is 0.333. The highest BCUT2D eigenvalue weighted by Gasteiger charge is 2.19. The lowest BCUT2D eigenvalue weighted by Crippen LogP contribution is -2.47. The lowest BCUT2D eigenvalue weighted by atomic mass is 10.2. The van der Waals surface area contributed by atoms with Gasteiger partial charge in [0.05, 0.1) is 13.2 Å². The monoisotopic (exact) mass is 388 g/mol. The van der Waals surface area contributed by atoms with Crippen LogP contribution in [-0.4, -0.2) is 31.1 Å². The molecular formula is C21H25FN2O4. The second kappa shape index (κ2) is 10.4. The van der Waals surface area contributed by atoms with E-state index in [4.69, 9.17) is 4.74 Å². The number of esters is 1. The van der Waals surface area contributed by atoms with Gasteiger partial charge in [-0.3, -0.25) is 4.79 Å². The number of amides is 1. The topological polar surface area (TPSA) is 76.7 Å². The highest BCUT2D eigenvalue weighted by molar-refractivity contribution is 5.86. The van der Waals surface area contributed by atoms with Crippen LogP contribution in [0, 0.1) is 5.82 Å². The van der Waals surface area contributed by atoms with Gasteiger partial charge in [-0.1, -0.05) is 24.3 Å².